The largest absolute Gasteiger partial charge is 0.443 e. The summed E-state index contributed by atoms with van der Waals surface area (Å²) in [5.74, 6) is -0.450. The van der Waals surface area contributed by atoms with Crippen LogP contribution in [0.25, 0.3) is 11.0 Å². The highest BCUT2D eigenvalue weighted by molar-refractivity contribution is 6.29. The molecule has 1 aromatic heterocycles. The van der Waals surface area contributed by atoms with Gasteiger partial charge in [0.2, 0.25) is 11.7 Å². The van der Waals surface area contributed by atoms with Crippen LogP contribution in [0.3, 0.4) is 0 Å². The number of carbonyl (C=O) groups is 1. The van der Waals surface area contributed by atoms with Gasteiger partial charge >= 0.3 is 0 Å². The summed E-state index contributed by atoms with van der Waals surface area (Å²) < 4.78 is 5.27. The number of alkyl halides is 1. The minimum atomic E-state index is -0.371. The van der Waals surface area contributed by atoms with Crippen molar-refractivity contribution in [1.29, 1.82) is 5.26 Å². The molecule has 16 heavy (non-hydrogen) atoms. The monoisotopic (exact) mass is 234 g/mol. The van der Waals surface area contributed by atoms with Crippen LogP contribution < -0.4 is 5.32 Å². The molecule has 0 atom stereocenters. The van der Waals surface area contributed by atoms with E-state index in [1.807, 2.05) is 6.07 Å². The molecule has 0 spiro atoms. The van der Waals surface area contributed by atoms with Crippen molar-refractivity contribution in [1.82, 2.24) is 0 Å². The minimum absolute atomic E-state index is 0.0830. The number of furan rings is 1. The van der Waals surface area contributed by atoms with Gasteiger partial charge in [-0.05, 0) is 12.1 Å². The molecular weight excluding hydrogens is 228 g/mol. The van der Waals surface area contributed by atoms with E-state index in [1.54, 1.807) is 24.3 Å². The molecule has 0 saturated heterocycles. The van der Waals surface area contributed by atoms with Crippen LogP contribution in [0, 0.1) is 11.3 Å². The fraction of sp³-hybridized carbons (Fsp3) is 0.0909. The van der Waals surface area contributed by atoms with Crippen molar-refractivity contribution in [3.63, 3.8) is 0 Å². The first kappa shape index (κ1) is 10.5. The van der Waals surface area contributed by atoms with E-state index >= 15 is 0 Å². The predicted octanol–water partition coefficient (Wildman–Crippen LogP) is 2.48. The van der Waals surface area contributed by atoms with Crippen LogP contribution in [0.2, 0.25) is 0 Å². The van der Waals surface area contributed by atoms with Crippen molar-refractivity contribution in [2.75, 3.05) is 11.2 Å². The first-order valence-electron chi connectivity index (χ1n) is 4.53. The third kappa shape index (κ3) is 1.73. The molecule has 5 heteroatoms. The number of para-hydroxylation sites is 1. The van der Waals surface area contributed by atoms with E-state index in [-0.39, 0.29) is 17.5 Å². The Morgan fingerprint density at radius 3 is 2.94 bits per heavy atom. The maximum Gasteiger partial charge on any atom is 0.239 e. The zero-order valence-corrected chi connectivity index (χ0v) is 8.91. The Bertz CT molecular complexity index is 583. The van der Waals surface area contributed by atoms with Gasteiger partial charge < -0.3 is 9.73 Å². The van der Waals surface area contributed by atoms with Crippen LogP contribution in [0.15, 0.2) is 28.7 Å². The second-order valence-electron chi connectivity index (χ2n) is 3.10. The summed E-state index contributed by atoms with van der Waals surface area (Å²) in [4.78, 5) is 11.2. The van der Waals surface area contributed by atoms with Crippen LogP contribution in [0.4, 0.5) is 5.69 Å². The number of nitrogens with zero attached hydrogens (tertiary/aromatic N) is 1. The third-order valence-electron chi connectivity index (χ3n) is 2.08. The molecular formula is C11H7ClN2O2. The van der Waals surface area contributed by atoms with E-state index in [0.717, 1.165) is 0 Å². The van der Waals surface area contributed by atoms with Gasteiger partial charge in [0.25, 0.3) is 0 Å². The van der Waals surface area contributed by atoms with Gasteiger partial charge in [0.15, 0.2) is 0 Å². The summed E-state index contributed by atoms with van der Waals surface area (Å²) in [7, 11) is 0. The zero-order valence-electron chi connectivity index (χ0n) is 8.16. The lowest BCUT2D eigenvalue weighted by Gasteiger charge is -1.99. The van der Waals surface area contributed by atoms with Gasteiger partial charge in [0.05, 0.1) is 0 Å². The number of nitrogens with one attached hydrogen (secondary N) is 1. The van der Waals surface area contributed by atoms with Crippen molar-refractivity contribution in [2.45, 2.75) is 0 Å². The molecule has 2 rings (SSSR count). The topological polar surface area (TPSA) is 66.0 Å². The molecule has 1 amide bonds. The van der Waals surface area contributed by atoms with Crippen molar-refractivity contribution in [2.24, 2.45) is 0 Å². The molecule has 0 radical (unpaired) electrons. The van der Waals surface area contributed by atoms with Gasteiger partial charge in [-0.3, -0.25) is 4.79 Å². The smallest absolute Gasteiger partial charge is 0.239 e. The van der Waals surface area contributed by atoms with Gasteiger partial charge in [0.1, 0.15) is 23.2 Å². The number of carbonyl (C=O) groups excluding carboxylic acids is 1. The Morgan fingerprint density at radius 1 is 1.50 bits per heavy atom. The fourth-order valence-corrected chi connectivity index (χ4v) is 1.49. The highest BCUT2D eigenvalue weighted by Crippen LogP contribution is 2.30. The predicted molar refractivity (Wildman–Crippen MR) is 60.3 cm³/mol. The first-order valence-corrected chi connectivity index (χ1v) is 5.07. The third-order valence-corrected chi connectivity index (χ3v) is 2.33. The molecule has 0 aliphatic heterocycles. The molecule has 0 saturated carbocycles. The summed E-state index contributed by atoms with van der Waals surface area (Å²) >= 11 is 5.39. The van der Waals surface area contributed by atoms with Gasteiger partial charge in [-0.25, -0.2) is 0 Å². The first-order chi connectivity index (χ1) is 7.76. The lowest BCUT2D eigenvalue weighted by molar-refractivity contribution is -0.113. The van der Waals surface area contributed by atoms with E-state index in [0.29, 0.717) is 16.7 Å². The van der Waals surface area contributed by atoms with Crippen molar-refractivity contribution in [3.05, 3.63) is 30.0 Å². The summed E-state index contributed by atoms with van der Waals surface area (Å²) in [6.07, 6.45) is 0. The summed E-state index contributed by atoms with van der Waals surface area (Å²) in [5.41, 5.74) is 0.938. The average Bonchev–Trinajstić information content (AvgIpc) is 2.67. The Hall–Kier alpha value is -1.99. The summed E-state index contributed by atoms with van der Waals surface area (Å²) in [6.45, 7) is 0. The number of nitriles is 1. The summed E-state index contributed by atoms with van der Waals surface area (Å²) in [6, 6.07) is 8.98. The van der Waals surface area contributed by atoms with Crippen molar-refractivity contribution >= 4 is 34.2 Å². The normalized spacial score (nSPS) is 10.0. The lowest BCUT2D eigenvalue weighted by atomic mass is 10.2. The highest BCUT2D eigenvalue weighted by atomic mass is 35.5. The van der Waals surface area contributed by atoms with Gasteiger partial charge in [-0.1, -0.05) is 12.1 Å². The number of halogens is 1. The van der Waals surface area contributed by atoms with Crippen molar-refractivity contribution in [3.8, 4) is 6.07 Å². The van der Waals surface area contributed by atoms with Crippen LogP contribution in [0.1, 0.15) is 5.76 Å². The number of anilines is 1. The number of rotatable bonds is 2. The second-order valence-corrected chi connectivity index (χ2v) is 3.36. The Balaban J connectivity index is 2.57. The van der Waals surface area contributed by atoms with E-state index < -0.39 is 0 Å². The van der Waals surface area contributed by atoms with Crippen LogP contribution in [0.5, 0.6) is 0 Å². The molecule has 1 heterocycles. The van der Waals surface area contributed by atoms with E-state index in [4.69, 9.17) is 21.3 Å². The van der Waals surface area contributed by atoms with Gasteiger partial charge in [-0.2, -0.15) is 5.26 Å². The molecule has 2 aromatic rings. The van der Waals surface area contributed by atoms with Gasteiger partial charge in [-0.15, -0.1) is 11.6 Å². The zero-order chi connectivity index (χ0) is 11.5. The molecule has 0 bridgehead atoms. The molecule has 1 N–H and O–H groups in total. The molecule has 0 unspecified atom stereocenters. The second kappa shape index (κ2) is 4.25. The number of fused-ring (bicyclic) bond motifs is 1. The number of hydrogen-bond acceptors (Lipinski definition) is 3. The molecule has 0 aliphatic rings. The molecule has 0 aliphatic carbocycles. The molecule has 1 aromatic carbocycles. The van der Waals surface area contributed by atoms with Gasteiger partial charge in [0, 0.05) is 5.39 Å². The number of benzene rings is 1. The quantitative estimate of drug-likeness (QED) is 0.812. The molecule has 4 nitrogen and oxygen atoms in total. The van der Waals surface area contributed by atoms with Crippen LogP contribution in [-0.2, 0) is 4.79 Å². The lowest BCUT2D eigenvalue weighted by Crippen LogP contribution is -2.12. The Morgan fingerprint density at radius 2 is 2.25 bits per heavy atom. The standard InChI is InChI=1S/C11H7ClN2O2/c12-5-10(15)14-11-7-3-1-2-4-8(7)16-9(11)6-13/h1-4H,5H2,(H,14,15). The van der Waals surface area contributed by atoms with E-state index in [9.17, 15) is 4.79 Å². The minimum Gasteiger partial charge on any atom is -0.443 e. The molecule has 80 valence electrons. The number of amides is 1. The Labute approximate surface area is 96.4 Å². The average molecular weight is 235 g/mol. The van der Waals surface area contributed by atoms with Crippen molar-refractivity contribution < 1.29 is 9.21 Å². The van der Waals surface area contributed by atoms with Crippen LogP contribution in [-0.4, -0.2) is 11.8 Å². The highest BCUT2D eigenvalue weighted by Gasteiger charge is 2.15. The van der Waals surface area contributed by atoms with Crippen LogP contribution >= 0.6 is 11.6 Å². The summed E-state index contributed by atoms with van der Waals surface area (Å²) in [5, 5.41) is 12.1. The maximum atomic E-state index is 11.2. The SMILES string of the molecule is N#Cc1oc2ccccc2c1NC(=O)CCl. The van der Waals surface area contributed by atoms with E-state index in [1.165, 1.54) is 0 Å². The fourth-order valence-electron chi connectivity index (χ4n) is 1.42. The van der Waals surface area contributed by atoms with E-state index in [2.05, 4.69) is 5.32 Å². The Kier molecular flexibility index (Phi) is 2.80. The maximum absolute atomic E-state index is 11.2. The molecule has 0 fully saturated rings. The number of hydrogen-bond donors (Lipinski definition) is 1.